The van der Waals surface area contributed by atoms with E-state index in [9.17, 15) is 18.0 Å². The van der Waals surface area contributed by atoms with E-state index in [1.807, 2.05) is 62.3 Å². The van der Waals surface area contributed by atoms with Crippen molar-refractivity contribution in [3.05, 3.63) is 84.4 Å². The van der Waals surface area contributed by atoms with Gasteiger partial charge in [0, 0.05) is 68.1 Å². The second-order valence-corrected chi connectivity index (χ2v) is 14.9. The number of piperazine rings is 1. The molecular weight excluding hydrogens is 654 g/mol. The highest BCUT2D eigenvalue weighted by molar-refractivity contribution is 8.00. The lowest BCUT2D eigenvalue weighted by atomic mass is 10.1. The summed E-state index contributed by atoms with van der Waals surface area (Å²) in [5, 5.41) is 1.98. The van der Waals surface area contributed by atoms with E-state index < -0.39 is 11.7 Å². The van der Waals surface area contributed by atoms with Crippen molar-refractivity contribution >= 4 is 57.3 Å². The Morgan fingerprint density at radius 1 is 0.854 bits per heavy atom. The molecule has 2 aliphatic rings. The third-order valence-electron chi connectivity index (χ3n) is 8.87. The zero-order valence-electron chi connectivity index (χ0n) is 27.5. The number of hydrogen-bond acceptors (Lipinski definition) is 8. The first-order valence-corrected chi connectivity index (χ1v) is 18.0. The van der Waals surface area contributed by atoms with E-state index >= 15 is 0 Å². The number of fused-ring (bicyclic) bond motifs is 3. The first-order chi connectivity index (χ1) is 23.1. The summed E-state index contributed by atoms with van der Waals surface area (Å²) < 4.78 is 46.4. The normalized spacial score (nSPS) is 16.0. The van der Waals surface area contributed by atoms with Gasteiger partial charge >= 0.3 is 12.1 Å². The van der Waals surface area contributed by atoms with Gasteiger partial charge in [0.05, 0.1) is 22.6 Å². The average Bonchev–Trinajstić information content (AvgIpc) is 3.07. The molecule has 0 aromatic heterocycles. The van der Waals surface area contributed by atoms with Crippen LogP contribution < -0.4 is 9.80 Å². The van der Waals surface area contributed by atoms with Crippen LogP contribution in [-0.4, -0.2) is 87.5 Å². The van der Waals surface area contributed by atoms with Crippen molar-refractivity contribution in [3.63, 3.8) is 0 Å². The minimum absolute atomic E-state index is 0.210. The number of halogens is 3. The van der Waals surface area contributed by atoms with Crippen LogP contribution in [0.3, 0.4) is 0 Å². The van der Waals surface area contributed by atoms with Crippen molar-refractivity contribution in [3.8, 4) is 0 Å². The molecule has 0 saturated carbocycles. The van der Waals surface area contributed by atoms with E-state index in [0.29, 0.717) is 25.4 Å². The van der Waals surface area contributed by atoms with Gasteiger partial charge in [-0.2, -0.15) is 13.2 Å². The lowest BCUT2D eigenvalue weighted by Crippen LogP contribution is -2.47. The van der Waals surface area contributed by atoms with Crippen LogP contribution in [0.4, 0.5) is 30.2 Å². The number of para-hydroxylation sites is 1. The van der Waals surface area contributed by atoms with E-state index in [2.05, 4.69) is 39.0 Å². The van der Waals surface area contributed by atoms with Gasteiger partial charge in [-0.25, -0.2) is 0 Å². The van der Waals surface area contributed by atoms with Crippen molar-refractivity contribution in [1.82, 2.24) is 9.80 Å². The van der Waals surface area contributed by atoms with Crippen molar-refractivity contribution in [2.75, 3.05) is 76.3 Å². The third kappa shape index (κ3) is 8.07. The van der Waals surface area contributed by atoms with Gasteiger partial charge in [0.25, 0.3) is 0 Å². The predicted octanol–water partition coefficient (Wildman–Crippen LogP) is 8.26. The number of benzene rings is 4. The molecule has 0 amide bonds. The molecule has 0 spiro atoms. The average molecular weight is 695 g/mol. The van der Waals surface area contributed by atoms with Crippen molar-refractivity contribution < 1.29 is 22.7 Å². The molecule has 0 radical (unpaired) electrons. The minimum Gasteiger partial charge on any atom is -0.463 e. The predicted molar refractivity (Wildman–Crippen MR) is 191 cm³/mol. The van der Waals surface area contributed by atoms with E-state index in [1.165, 1.54) is 41.0 Å². The Balaban J connectivity index is 0.955. The molecular formula is C37H41F3N4O2S2. The highest BCUT2D eigenvalue weighted by Gasteiger charge is 2.33. The van der Waals surface area contributed by atoms with E-state index in [-0.39, 0.29) is 11.2 Å². The van der Waals surface area contributed by atoms with Gasteiger partial charge in [-0.3, -0.25) is 9.69 Å². The Morgan fingerprint density at radius 2 is 1.50 bits per heavy atom. The largest absolute Gasteiger partial charge is 0.463 e. The molecule has 1 atom stereocenters. The maximum atomic E-state index is 13.6. The Bertz CT molecular complexity index is 1740. The van der Waals surface area contributed by atoms with Crippen molar-refractivity contribution in [2.45, 2.75) is 39.5 Å². The summed E-state index contributed by atoms with van der Waals surface area (Å²) >= 11 is 3.05. The quantitative estimate of drug-likeness (QED) is 0.115. The van der Waals surface area contributed by atoms with Gasteiger partial charge in [-0.1, -0.05) is 48.2 Å². The molecule has 6 nitrogen and oxygen atoms in total. The smallest absolute Gasteiger partial charge is 0.416 e. The molecule has 1 unspecified atom stereocenters. The number of alkyl halides is 3. The van der Waals surface area contributed by atoms with Crippen LogP contribution in [-0.2, 0) is 15.7 Å². The molecule has 0 bridgehead atoms. The maximum Gasteiger partial charge on any atom is 0.416 e. The maximum absolute atomic E-state index is 13.6. The number of nitrogens with zero attached hydrogens (tertiary/aromatic N) is 4. The van der Waals surface area contributed by atoms with Crippen LogP contribution in [0, 0.1) is 0 Å². The number of rotatable bonds is 11. The van der Waals surface area contributed by atoms with E-state index in [4.69, 9.17) is 4.74 Å². The van der Waals surface area contributed by atoms with Crippen LogP contribution in [0.5, 0.6) is 0 Å². The van der Waals surface area contributed by atoms with Crippen molar-refractivity contribution in [2.24, 2.45) is 0 Å². The lowest BCUT2D eigenvalue weighted by Gasteiger charge is -2.36. The summed E-state index contributed by atoms with van der Waals surface area (Å²) in [5.41, 5.74) is 2.04. The van der Waals surface area contributed by atoms with Gasteiger partial charge in [-0.15, -0.1) is 11.8 Å². The van der Waals surface area contributed by atoms with Gasteiger partial charge in [0.15, 0.2) is 0 Å². The minimum atomic E-state index is -4.38. The fraction of sp³-hybridized carbons (Fsp3) is 0.378. The summed E-state index contributed by atoms with van der Waals surface area (Å²) in [6, 6.07) is 24.5. The fourth-order valence-electron chi connectivity index (χ4n) is 6.22. The van der Waals surface area contributed by atoms with Gasteiger partial charge in [0.2, 0.25) is 0 Å². The van der Waals surface area contributed by atoms with Crippen LogP contribution in [0.1, 0.15) is 18.9 Å². The van der Waals surface area contributed by atoms with Crippen LogP contribution in [0.25, 0.3) is 10.8 Å². The molecule has 6 rings (SSSR count). The number of carbonyl (C=O) groups excluding carboxylic acids is 1. The molecule has 2 aliphatic heterocycles. The number of ether oxygens (including phenoxy) is 1. The number of hydrogen-bond donors (Lipinski definition) is 0. The standard InChI is InChI=1S/C37H41F3N4O2S2/c1-26(47-35-24-28-10-5-4-9-27(28)23-31(35)41(2)3)36(45)46-22-21-43-19-17-42(18-20-43)15-8-16-44-30-11-6-7-12-33(30)48-34-14-13-29(25-32(34)44)37(38,39)40/h4-7,9-14,23-26H,8,15-22H2,1-3H3. The summed E-state index contributed by atoms with van der Waals surface area (Å²) in [6.45, 7) is 8.00. The lowest BCUT2D eigenvalue weighted by molar-refractivity contribution is -0.143. The fourth-order valence-corrected chi connectivity index (χ4v) is 8.40. The Morgan fingerprint density at radius 3 is 2.21 bits per heavy atom. The second-order valence-electron chi connectivity index (χ2n) is 12.4. The molecule has 254 valence electrons. The molecule has 1 fully saturated rings. The zero-order valence-corrected chi connectivity index (χ0v) is 29.1. The van der Waals surface area contributed by atoms with Crippen LogP contribution in [0.15, 0.2) is 93.5 Å². The Kier molecular flexibility index (Phi) is 10.8. The summed E-state index contributed by atoms with van der Waals surface area (Å²) in [6.07, 6.45) is -3.56. The van der Waals surface area contributed by atoms with E-state index in [1.54, 1.807) is 6.07 Å². The Hall–Kier alpha value is -3.38. The Labute approximate surface area is 289 Å². The molecule has 1 saturated heterocycles. The molecule has 48 heavy (non-hydrogen) atoms. The molecule has 0 aliphatic carbocycles. The van der Waals surface area contributed by atoms with Gasteiger partial charge < -0.3 is 19.4 Å². The third-order valence-corrected chi connectivity index (χ3v) is 11.1. The van der Waals surface area contributed by atoms with Crippen molar-refractivity contribution in [1.29, 1.82) is 0 Å². The zero-order chi connectivity index (χ0) is 33.8. The number of carbonyl (C=O) groups is 1. The molecule has 4 aromatic rings. The monoisotopic (exact) mass is 694 g/mol. The highest BCUT2D eigenvalue weighted by atomic mass is 32.2. The van der Waals surface area contributed by atoms with Gasteiger partial charge in [-0.05, 0) is 73.1 Å². The number of esters is 1. The first-order valence-electron chi connectivity index (χ1n) is 16.3. The highest BCUT2D eigenvalue weighted by Crippen LogP contribution is 2.49. The second kappa shape index (κ2) is 15.0. The number of thioether (sulfide) groups is 1. The molecule has 2 heterocycles. The SMILES string of the molecule is CC(Sc1cc2ccccc2cc1N(C)C)C(=O)OCCN1CCN(CCCN2c3ccccc3Sc3ccc(C(F)(F)F)cc32)CC1. The van der Waals surface area contributed by atoms with Crippen LogP contribution in [0.2, 0.25) is 0 Å². The van der Waals surface area contributed by atoms with E-state index in [0.717, 1.165) is 70.6 Å². The molecule has 4 aromatic carbocycles. The summed E-state index contributed by atoms with van der Waals surface area (Å²) in [4.78, 5) is 24.7. The first kappa shape index (κ1) is 34.5. The summed E-state index contributed by atoms with van der Waals surface area (Å²) in [5.74, 6) is -0.210. The van der Waals surface area contributed by atoms with Crippen LogP contribution >= 0.6 is 23.5 Å². The molecule has 11 heteroatoms. The topological polar surface area (TPSA) is 39.3 Å². The number of anilines is 3. The van der Waals surface area contributed by atoms with Gasteiger partial charge in [0.1, 0.15) is 11.9 Å². The summed E-state index contributed by atoms with van der Waals surface area (Å²) in [7, 11) is 4.03. The molecule has 0 N–H and O–H groups in total.